The molecule has 98 valence electrons. The number of pyridine rings is 1. The average Bonchev–Trinajstić information content (AvgIpc) is 2.82. The third-order valence-corrected chi connectivity index (χ3v) is 3.63. The Morgan fingerprint density at radius 3 is 3.05 bits per heavy atom. The molecule has 0 saturated carbocycles. The van der Waals surface area contributed by atoms with Crippen LogP contribution in [0.3, 0.4) is 0 Å². The summed E-state index contributed by atoms with van der Waals surface area (Å²) >= 11 is 3.49. The molecule has 0 atom stereocenters. The van der Waals surface area contributed by atoms with Gasteiger partial charge in [0, 0.05) is 34.4 Å². The summed E-state index contributed by atoms with van der Waals surface area (Å²) in [4.78, 5) is 11.8. The van der Waals surface area contributed by atoms with E-state index in [9.17, 15) is 4.79 Å². The van der Waals surface area contributed by atoms with E-state index in [1.807, 2.05) is 6.07 Å². The number of hydrogen-bond donors (Lipinski definition) is 1. The molecule has 2 N–H and O–H groups in total. The van der Waals surface area contributed by atoms with Crippen LogP contribution < -0.4 is 16.0 Å². The van der Waals surface area contributed by atoms with Crippen molar-refractivity contribution in [3.8, 4) is 5.75 Å². The van der Waals surface area contributed by atoms with Crippen LogP contribution in [0.1, 0.15) is 11.1 Å². The maximum Gasteiger partial charge on any atom is 0.250 e. The normalized spacial score (nSPS) is 13.1. The molecule has 1 aromatic heterocycles. The maximum absolute atomic E-state index is 11.8. The lowest BCUT2D eigenvalue weighted by Crippen LogP contribution is -2.19. The fourth-order valence-corrected chi connectivity index (χ4v) is 2.87. The van der Waals surface area contributed by atoms with E-state index >= 15 is 0 Å². The molecule has 5 heteroatoms. The highest BCUT2D eigenvalue weighted by atomic mass is 79.9. The Bertz CT molecular complexity index is 694. The number of nitrogens with zero attached hydrogens (tertiary/aromatic N) is 1. The summed E-state index contributed by atoms with van der Waals surface area (Å²) in [5.74, 6) is 0.900. The number of rotatable bonds is 2. The summed E-state index contributed by atoms with van der Waals surface area (Å²) in [5, 5.41) is 0. The van der Waals surface area contributed by atoms with Crippen molar-refractivity contribution in [2.45, 2.75) is 13.0 Å². The van der Waals surface area contributed by atoms with Gasteiger partial charge in [-0.25, -0.2) is 0 Å². The van der Waals surface area contributed by atoms with Crippen molar-refractivity contribution in [3.05, 3.63) is 56.4 Å². The second kappa shape index (κ2) is 4.74. The molecule has 4 nitrogen and oxygen atoms in total. The van der Waals surface area contributed by atoms with E-state index in [0.29, 0.717) is 18.8 Å². The van der Waals surface area contributed by atoms with Crippen molar-refractivity contribution >= 4 is 21.6 Å². The van der Waals surface area contributed by atoms with Gasteiger partial charge in [0.05, 0.1) is 13.2 Å². The zero-order valence-electron chi connectivity index (χ0n) is 10.2. The number of anilines is 1. The van der Waals surface area contributed by atoms with E-state index in [4.69, 9.17) is 10.5 Å². The molecule has 1 aliphatic rings. The molecule has 3 rings (SSSR count). The Balaban J connectivity index is 2.04. The van der Waals surface area contributed by atoms with Crippen molar-refractivity contribution in [2.24, 2.45) is 0 Å². The summed E-state index contributed by atoms with van der Waals surface area (Å²) < 4.78 is 8.26. The molecule has 0 aliphatic carbocycles. The molecule has 19 heavy (non-hydrogen) atoms. The maximum atomic E-state index is 11.8. The van der Waals surface area contributed by atoms with E-state index in [-0.39, 0.29) is 5.56 Å². The van der Waals surface area contributed by atoms with Gasteiger partial charge in [-0.1, -0.05) is 15.9 Å². The van der Waals surface area contributed by atoms with Crippen molar-refractivity contribution in [2.75, 3.05) is 12.3 Å². The second-order valence-electron chi connectivity index (χ2n) is 4.58. The van der Waals surface area contributed by atoms with Crippen LogP contribution >= 0.6 is 15.9 Å². The summed E-state index contributed by atoms with van der Waals surface area (Å²) in [7, 11) is 0. The van der Waals surface area contributed by atoms with Crippen LogP contribution in [-0.2, 0) is 13.0 Å². The van der Waals surface area contributed by atoms with E-state index in [0.717, 1.165) is 22.2 Å². The SMILES string of the molecule is Nc1ccc(=O)n(Cc2cc(Br)cc3c2OCC3)c1. The minimum absolute atomic E-state index is 0.0686. The molecule has 0 fully saturated rings. The smallest absolute Gasteiger partial charge is 0.250 e. The van der Waals surface area contributed by atoms with E-state index < -0.39 is 0 Å². The van der Waals surface area contributed by atoms with Gasteiger partial charge in [-0.05, 0) is 23.8 Å². The first-order valence-electron chi connectivity index (χ1n) is 6.03. The number of hydrogen-bond acceptors (Lipinski definition) is 3. The van der Waals surface area contributed by atoms with Crippen LogP contribution in [-0.4, -0.2) is 11.2 Å². The molecule has 2 aromatic rings. The Morgan fingerprint density at radius 2 is 2.21 bits per heavy atom. The highest BCUT2D eigenvalue weighted by Crippen LogP contribution is 2.33. The third-order valence-electron chi connectivity index (χ3n) is 3.17. The van der Waals surface area contributed by atoms with Gasteiger partial charge >= 0.3 is 0 Å². The van der Waals surface area contributed by atoms with Crippen molar-refractivity contribution in [1.82, 2.24) is 4.57 Å². The second-order valence-corrected chi connectivity index (χ2v) is 5.50. The van der Waals surface area contributed by atoms with Gasteiger partial charge in [0.2, 0.25) is 0 Å². The van der Waals surface area contributed by atoms with Gasteiger partial charge in [0.25, 0.3) is 5.56 Å². The number of halogens is 1. The number of ether oxygens (including phenoxy) is 1. The average molecular weight is 321 g/mol. The summed E-state index contributed by atoms with van der Waals surface area (Å²) in [5.41, 5.74) is 8.41. The zero-order chi connectivity index (χ0) is 13.4. The summed E-state index contributed by atoms with van der Waals surface area (Å²) in [6, 6.07) is 7.14. The fourth-order valence-electron chi connectivity index (χ4n) is 2.32. The Kier molecular flexibility index (Phi) is 3.06. The molecule has 1 aliphatic heterocycles. The van der Waals surface area contributed by atoms with E-state index in [2.05, 4.69) is 22.0 Å². The van der Waals surface area contributed by atoms with E-state index in [1.54, 1.807) is 16.8 Å². The van der Waals surface area contributed by atoms with Crippen LogP contribution in [0.5, 0.6) is 5.75 Å². The summed E-state index contributed by atoms with van der Waals surface area (Å²) in [6.45, 7) is 1.16. The van der Waals surface area contributed by atoms with Gasteiger partial charge < -0.3 is 15.0 Å². The third kappa shape index (κ3) is 2.38. The minimum Gasteiger partial charge on any atom is -0.493 e. The largest absolute Gasteiger partial charge is 0.493 e. The monoisotopic (exact) mass is 320 g/mol. The van der Waals surface area contributed by atoms with Crippen molar-refractivity contribution in [1.29, 1.82) is 0 Å². The van der Waals surface area contributed by atoms with Gasteiger partial charge in [-0.3, -0.25) is 4.79 Å². The molecule has 2 heterocycles. The van der Waals surface area contributed by atoms with Gasteiger partial charge in [0.15, 0.2) is 0 Å². The highest BCUT2D eigenvalue weighted by molar-refractivity contribution is 9.10. The Morgan fingerprint density at radius 1 is 1.37 bits per heavy atom. The first-order chi connectivity index (χ1) is 9.13. The van der Waals surface area contributed by atoms with Crippen LogP contribution in [0.4, 0.5) is 5.69 Å². The number of nitrogens with two attached hydrogens (primary N) is 1. The van der Waals surface area contributed by atoms with Crippen LogP contribution in [0.2, 0.25) is 0 Å². The Labute approximate surface area is 118 Å². The standard InChI is InChI=1S/C14H13BrN2O2/c15-11-5-9-3-4-19-14(9)10(6-11)7-17-8-12(16)1-2-13(17)18/h1-2,5-6,8H,3-4,7,16H2. The Hall–Kier alpha value is -1.75. The van der Waals surface area contributed by atoms with Crippen LogP contribution in [0.25, 0.3) is 0 Å². The number of benzene rings is 1. The molecular formula is C14H13BrN2O2. The lowest BCUT2D eigenvalue weighted by atomic mass is 10.1. The first-order valence-corrected chi connectivity index (χ1v) is 6.83. The molecule has 0 saturated heterocycles. The van der Waals surface area contributed by atoms with Gasteiger partial charge in [-0.2, -0.15) is 0 Å². The lowest BCUT2D eigenvalue weighted by Gasteiger charge is -2.11. The number of aromatic nitrogens is 1. The quantitative estimate of drug-likeness (QED) is 0.922. The molecule has 1 aromatic carbocycles. The van der Waals surface area contributed by atoms with Crippen LogP contribution in [0, 0.1) is 0 Å². The molecule has 0 unspecified atom stereocenters. The van der Waals surface area contributed by atoms with Crippen LogP contribution in [0.15, 0.2) is 39.7 Å². The lowest BCUT2D eigenvalue weighted by molar-refractivity contribution is 0.352. The van der Waals surface area contributed by atoms with Crippen molar-refractivity contribution in [3.63, 3.8) is 0 Å². The van der Waals surface area contributed by atoms with Gasteiger partial charge in [-0.15, -0.1) is 0 Å². The van der Waals surface area contributed by atoms with E-state index in [1.165, 1.54) is 11.6 Å². The molecular weight excluding hydrogens is 308 g/mol. The van der Waals surface area contributed by atoms with Gasteiger partial charge in [0.1, 0.15) is 5.75 Å². The molecule has 0 amide bonds. The zero-order valence-corrected chi connectivity index (χ0v) is 11.8. The topological polar surface area (TPSA) is 57.2 Å². The number of fused-ring (bicyclic) bond motifs is 1. The first kappa shape index (κ1) is 12.3. The van der Waals surface area contributed by atoms with Crippen molar-refractivity contribution < 1.29 is 4.74 Å². The highest BCUT2D eigenvalue weighted by Gasteiger charge is 2.17. The molecule has 0 spiro atoms. The minimum atomic E-state index is -0.0686. The fraction of sp³-hybridized carbons (Fsp3) is 0.214. The predicted molar refractivity (Wildman–Crippen MR) is 77.6 cm³/mol. The number of nitrogen functional groups attached to an aromatic ring is 1. The summed E-state index contributed by atoms with van der Waals surface area (Å²) in [6.07, 6.45) is 2.57. The molecule has 0 radical (unpaired) electrons. The predicted octanol–water partition coefficient (Wildman–Crippen LogP) is 2.18. The molecule has 0 bridgehead atoms.